The maximum atomic E-state index is 5.23. The van der Waals surface area contributed by atoms with Crippen molar-refractivity contribution in [3.8, 4) is 23.6 Å². The zero-order valence-electron chi connectivity index (χ0n) is 9.35. The molecule has 0 spiro atoms. The Balaban J connectivity index is 2.26. The van der Waals surface area contributed by atoms with Gasteiger partial charge in [0.15, 0.2) is 0 Å². The van der Waals surface area contributed by atoms with Gasteiger partial charge in [-0.25, -0.2) is 0 Å². The first-order valence-corrected chi connectivity index (χ1v) is 5.34. The molecule has 2 nitrogen and oxygen atoms in total. The predicted molar refractivity (Wildman–Crippen MR) is 65.9 cm³/mol. The van der Waals surface area contributed by atoms with Gasteiger partial charge in [0, 0.05) is 18.2 Å². The highest BCUT2D eigenvalue weighted by atomic mass is 15.3. The van der Waals surface area contributed by atoms with Gasteiger partial charge in [-0.1, -0.05) is 24.3 Å². The summed E-state index contributed by atoms with van der Waals surface area (Å²) in [6, 6.07) is 10.3. The summed E-state index contributed by atoms with van der Waals surface area (Å²) >= 11 is 0. The van der Waals surface area contributed by atoms with Gasteiger partial charge in [0.05, 0.1) is 12.2 Å². The molecule has 80 valence electrons. The van der Waals surface area contributed by atoms with Crippen LogP contribution in [0.2, 0.25) is 0 Å². The first-order chi connectivity index (χ1) is 7.81. The molecule has 2 heteroatoms. The summed E-state index contributed by atoms with van der Waals surface area (Å²) in [4.78, 5) is 0. The average Bonchev–Trinajstić information content (AvgIpc) is 2.75. The third-order valence-corrected chi connectivity index (χ3v) is 2.55. The van der Waals surface area contributed by atoms with Gasteiger partial charge in [-0.2, -0.15) is 5.10 Å². The topological polar surface area (TPSA) is 17.8 Å². The van der Waals surface area contributed by atoms with E-state index in [1.165, 1.54) is 11.1 Å². The minimum atomic E-state index is 0.717. The van der Waals surface area contributed by atoms with E-state index >= 15 is 0 Å². The lowest BCUT2D eigenvalue weighted by atomic mass is 10.1. The van der Waals surface area contributed by atoms with E-state index in [9.17, 15) is 0 Å². The Kier molecular flexibility index (Phi) is 3.07. The number of terminal acetylenes is 1. The number of hydrogen-bond acceptors (Lipinski definition) is 1. The lowest BCUT2D eigenvalue weighted by Gasteiger charge is -2.01. The number of aromatic nitrogens is 2. The van der Waals surface area contributed by atoms with Crippen LogP contribution in [0.5, 0.6) is 0 Å². The number of nitrogens with zero attached hydrogens (tertiary/aromatic N) is 2. The first-order valence-electron chi connectivity index (χ1n) is 5.34. The number of rotatable bonds is 3. The molecule has 0 radical (unpaired) electrons. The fourth-order valence-electron chi connectivity index (χ4n) is 1.67. The van der Waals surface area contributed by atoms with Crippen LogP contribution in [0.4, 0.5) is 0 Å². The van der Waals surface area contributed by atoms with Crippen molar-refractivity contribution in [2.24, 2.45) is 0 Å². The quantitative estimate of drug-likeness (QED) is 0.712. The van der Waals surface area contributed by atoms with Gasteiger partial charge in [0.25, 0.3) is 0 Å². The molecular weight excluding hydrogens is 196 g/mol. The molecule has 0 N–H and O–H groups in total. The molecule has 0 amide bonds. The van der Waals surface area contributed by atoms with E-state index in [1.807, 2.05) is 29.1 Å². The maximum absolute atomic E-state index is 5.23. The molecule has 0 aliphatic carbocycles. The lowest BCUT2D eigenvalue weighted by molar-refractivity contribution is 0.632. The molecule has 0 saturated heterocycles. The van der Waals surface area contributed by atoms with Gasteiger partial charge in [0.1, 0.15) is 0 Å². The molecule has 0 bridgehead atoms. The van der Waals surface area contributed by atoms with Crippen LogP contribution in [0.3, 0.4) is 0 Å². The second kappa shape index (κ2) is 4.67. The van der Waals surface area contributed by atoms with Gasteiger partial charge in [-0.05, 0) is 18.6 Å². The predicted octanol–water partition coefficient (Wildman–Crippen LogP) is 2.88. The van der Waals surface area contributed by atoms with Crippen molar-refractivity contribution in [1.82, 2.24) is 9.78 Å². The highest BCUT2D eigenvalue weighted by Crippen LogP contribution is 2.20. The third kappa shape index (κ3) is 2.14. The van der Waals surface area contributed by atoms with Crippen molar-refractivity contribution in [3.63, 3.8) is 0 Å². The lowest BCUT2D eigenvalue weighted by Crippen LogP contribution is -1.97. The van der Waals surface area contributed by atoms with Crippen LogP contribution in [-0.2, 0) is 6.54 Å². The first kappa shape index (κ1) is 10.5. The van der Waals surface area contributed by atoms with Crippen LogP contribution in [0.1, 0.15) is 12.0 Å². The van der Waals surface area contributed by atoms with E-state index < -0.39 is 0 Å². The largest absolute Gasteiger partial charge is 0.271 e. The molecule has 0 aliphatic rings. The average molecular weight is 210 g/mol. The molecule has 1 heterocycles. The molecule has 0 aliphatic heterocycles. The molecule has 0 atom stereocenters. The van der Waals surface area contributed by atoms with Crippen molar-refractivity contribution >= 4 is 0 Å². The van der Waals surface area contributed by atoms with E-state index in [4.69, 9.17) is 6.42 Å². The molecular formula is C14H14N2. The summed E-state index contributed by atoms with van der Waals surface area (Å²) in [6.07, 6.45) is 7.92. The van der Waals surface area contributed by atoms with Gasteiger partial charge in [0.2, 0.25) is 0 Å². The van der Waals surface area contributed by atoms with E-state index in [1.54, 1.807) is 0 Å². The summed E-state index contributed by atoms with van der Waals surface area (Å²) in [6.45, 7) is 2.87. The van der Waals surface area contributed by atoms with Crippen LogP contribution < -0.4 is 0 Å². The Hall–Kier alpha value is -2.01. The van der Waals surface area contributed by atoms with E-state index in [-0.39, 0.29) is 0 Å². The van der Waals surface area contributed by atoms with Crippen molar-refractivity contribution in [1.29, 1.82) is 0 Å². The molecule has 2 aromatic rings. The Labute approximate surface area is 95.9 Å². The van der Waals surface area contributed by atoms with Crippen LogP contribution >= 0.6 is 0 Å². The molecule has 0 unspecified atom stereocenters. The zero-order chi connectivity index (χ0) is 11.4. The monoisotopic (exact) mass is 210 g/mol. The Bertz CT molecular complexity index is 518. The fourth-order valence-corrected chi connectivity index (χ4v) is 1.67. The van der Waals surface area contributed by atoms with E-state index in [0.29, 0.717) is 0 Å². The van der Waals surface area contributed by atoms with Crippen molar-refractivity contribution in [2.45, 2.75) is 19.9 Å². The number of hydrogen-bond donors (Lipinski definition) is 0. The number of benzene rings is 1. The highest BCUT2D eigenvalue weighted by molar-refractivity contribution is 5.62. The standard InChI is InChI=1S/C14H14N2/c1-3-4-10-16-11-9-14(15-16)13-8-6-5-7-12(13)2/h1,5-9,11H,4,10H2,2H3. The normalized spacial score (nSPS) is 10.0. The summed E-state index contributed by atoms with van der Waals surface area (Å²) in [7, 11) is 0. The smallest absolute Gasteiger partial charge is 0.0925 e. The summed E-state index contributed by atoms with van der Waals surface area (Å²) in [5.74, 6) is 2.62. The molecule has 0 saturated carbocycles. The maximum Gasteiger partial charge on any atom is 0.0925 e. The van der Waals surface area contributed by atoms with Crippen molar-refractivity contribution in [3.05, 3.63) is 42.1 Å². The molecule has 1 aromatic heterocycles. The van der Waals surface area contributed by atoms with Crippen molar-refractivity contribution in [2.75, 3.05) is 0 Å². The van der Waals surface area contributed by atoms with Crippen LogP contribution in [-0.4, -0.2) is 9.78 Å². The minimum Gasteiger partial charge on any atom is -0.271 e. The number of aryl methyl sites for hydroxylation is 2. The molecule has 0 fully saturated rings. The molecule has 2 rings (SSSR count). The van der Waals surface area contributed by atoms with Crippen LogP contribution in [0.15, 0.2) is 36.5 Å². The van der Waals surface area contributed by atoms with Crippen LogP contribution in [0, 0.1) is 19.3 Å². The second-order valence-electron chi connectivity index (χ2n) is 3.73. The van der Waals surface area contributed by atoms with Gasteiger partial charge in [-0.3, -0.25) is 4.68 Å². The fraction of sp³-hybridized carbons (Fsp3) is 0.214. The highest BCUT2D eigenvalue weighted by Gasteiger charge is 2.04. The summed E-state index contributed by atoms with van der Waals surface area (Å²) in [5.41, 5.74) is 3.43. The minimum absolute atomic E-state index is 0.717. The van der Waals surface area contributed by atoms with Crippen LogP contribution in [0.25, 0.3) is 11.3 Å². The van der Waals surface area contributed by atoms with Gasteiger partial charge in [-0.15, -0.1) is 12.3 Å². The van der Waals surface area contributed by atoms with Gasteiger partial charge < -0.3 is 0 Å². The summed E-state index contributed by atoms with van der Waals surface area (Å²) < 4.78 is 1.89. The molecule has 1 aromatic carbocycles. The Morgan fingerprint density at radius 1 is 1.31 bits per heavy atom. The van der Waals surface area contributed by atoms with Crippen molar-refractivity contribution < 1.29 is 0 Å². The van der Waals surface area contributed by atoms with E-state index in [2.05, 4.69) is 30.1 Å². The van der Waals surface area contributed by atoms with Gasteiger partial charge >= 0.3 is 0 Å². The third-order valence-electron chi connectivity index (χ3n) is 2.55. The second-order valence-corrected chi connectivity index (χ2v) is 3.73. The molecule has 16 heavy (non-hydrogen) atoms. The SMILES string of the molecule is C#CCCn1ccc(-c2ccccc2C)n1. The Morgan fingerprint density at radius 3 is 2.88 bits per heavy atom. The summed E-state index contributed by atoms with van der Waals surface area (Å²) in [5, 5.41) is 4.50. The zero-order valence-corrected chi connectivity index (χ0v) is 9.35. The Morgan fingerprint density at radius 2 is 2.12 bits per heavy atom. The van der Waals surface area contributed by atoms with E-state index in [0.717, 1.165) is 18.7 Å².